The molecule has 166 valence electrons. The van der Waals surface area contributed by atoms with Crippen molar-refractivity contribution >= 4 is 27.7 Å². The maximum Gasteiger partial charge on any atom is 0.244 e. The molecule has 0 saturated carbocycles. The first-order chi connectivity index (χ1) is 14.4. The van der Waals surface area contributed by atoms with Crippen LogP contribution in [0, 0.1) is 5.82 Å². The van der Waals surface area contributed by atoms with Crippen molar-refractivity contribution in [2.75, 3.05) is 17.6 Å². The Labute approximate surface area is 182 Å². The SMILES string of the molecule is CC(C)(C)c1cc(/C=C/C(=O)NCc2ccc(NS(C)(=O)=O)c(F)c2)c2c(c1)CCO2. The number of nitrogens with one attached hydrogen (secondary N) is 2. The van der Waals surface area contributed by atoms with Crippen LogP contribution in [-0.4, -0.2) is 27.2 Å². The highest BCUT2D eigenvalue weighted by atomic mass is 32.2. The van der Waals surface area contributed by atoms with E-state index in [0.29, 0.717) is 12.2 Å². The first-order valence-electron chi connectivity index (χ1n) is 9.95. The summed E-state index contributed by atoms with van der Waals surface area (Å²) in [7, 11) is -3.57. The molecule has 0 aliphatic carbocycles. The molecule has 2 aromatic carbocycles. The number of anilines is 1. The maximum absolute atomic E-state index is 14.1. The smallest absolute Gasteiger partial charge is 0.244 e. The minimum Gasteiger partial charge on any atom is -0.492 e. The highest BCUT2D eigenvalue weighted by Crippen LogP contribution is 2.35. The first-order valence-corrected chi connectivity index (χ1v) is 11.8. The first kappa shape index (κ1) is 22.8. The predicted molar refractivity (Wildman–Crippen MR) is 120 cm³/mol. The standard InChI is InChI=1S/C23H27FN2O4S/c1-23(2,3)18-12-16(22-17(13-18)9-10-30-22)6-8-21(27)25-14-15-5-7-20(19(24)11-15)26-31(4,28)29/h5-8,11-13,26H,9-10,14H2,1-4H3,(H,25,27)/b8-6+. The lowest BCUT2D eigenvalue weighted by Crippen LogP contribution is -2.20. The third-order valence-electron chi connectivity index (χ3n) is 4.89. The molecule has 1 aliphatic rings. The molecule has 0 aromatic heterocycles. The minimum absolute atomic E-state index is 0.0231. The van der Waals surface area contributed by atoms with Crippen LogP contribution in [0.1, 0.15) is 43.0 Å². The topological polar surface area (TPSA) is 84.5 Å². The highest BCUT2D eigenvalue weighted by molar-refractivity contribution is 7.92. The normalized spacial score (nSPS) is 13.7. The van der Waals surface area contributed by atoms with Gasteiger partial charge < -0.3 is 10.1 Å². The second-order valence-electron chi connectivity index (χ2n) is 8.64. The van der Waals surface area contributed by atoms with E-state index in [2.05, 4.69) is 36.9 Å². The van der Waals surface area contributed by atoms with Gasteiger partial charge in [-0.1, -0.05) is 32.9 Å². The van der Waals surface area contributed by atoms with E-state index < -0.39 is 15.8 Å². The van der Waals surface area contributed by atoms with Gasteiger partial charge in [0.05, 0.1) is 18.6 Å². The van der Waals surface area contributed by atoms with Crippen LogP contribution in [0.4, 0.5) is 10.1 Å². The van der Waals surface area contributed by atoms with Gasteiger partial charge in [-0.05, 0) is 46.4 Å². The van der Waals surface area contributed by atoms with Gasteiger partial charge in [-0.2, -0.15) is 0 Å². The molecule has 2 aromatic rings. The average molecular weight is 447 g/mol. The number of carbonyl (C=O) groups is 1. The monoisotopic (exact) mass is 446 g/mol. The van der Waals surface area contributed by atoms with Gasteiger partial charge in [0.2, 0.25) is 15.9 Å². The van der Waals surface area contributed by atoms with Gasteiger partial charge in [0.15, 0.2) is 0 Å². The molecule has 1 aliphatic heterocycles. The third kappa shape index (κ3) is 6.07. The van der Waals surface area contributed by atoms with Gasteiger partial charge >= 0.3 is 0 Å². The summed E-state index contributed by atoms with van der Waals surface area (Å²) in [4.78, 5) is 12.3. The Morgan fingerprint density at radius 1 is 1.23 bits per heavy atom. The average Bonchev–Trinajstić information content (AvgIpc) is 3.13. The maximum atomic E-state index is 14.1. The van der Waals surface area contributed by atoms with Crippen LogP contribution in [0.2, 0.25) is 0 Å². The molecule has 8 heteroatoms. The molecule has 0 radical (unpaired) electrons. The van der Waals surface area contributed by atoms with Crippen LogP contribution in [0.25, 0.3) is 6.08 Å². The molecule has 0 unspecified atom stereocenters. The fraction of sp³-hybridized carbons (Fsp3) is 0.348. The van der Waals surface area contributed by atoms with E-state index in [1.165, 1.54) is 23.8 Å². The van der Waals surface area contributed by atoms with Crippen molar-refractivity contribution in [1.82, 2.24) is 5.32 Å². The molecule has 0 atom stereocenters. The van der Waals surface area contributed by atoms with Crippen molar-refractivity contribution in [2.24, 2.45) is 0 Å². The van der Waals surface area contributed by atoms with E-state index in [0.717, 1.165) is 29.6 Å². The molecule has 31 heavy (non-hydrogen) atoms. The number of rotatable bonds is 6. The molecule has 1 amide bonds. The van der Waals surface area contributed by atoms with Gasteiger partial charge in [-0.25, -0.2) is 12.8 Å². The summed E-state index contributed by atoms with van der Waals surface area (Å²) in [5, 5.41) is 2.70. The Morgan fingerprint density at radius 3 is 2.61 bits per heavy atom. The van der Waals surface area contributed by atoms with E-state index in [1.54, 1.807) is 12.1 Å². The van der Waals surface area contributed by atoms with Crippen molar-refractivity contribution in [3.05, 3.63) is 64.5 Å². The van der Waals surface area contributed by atoms with E-state index in [1.807, 2.05) is 6.07 Å². The van der Waals surface area contributed by atoms with Crippen LogP contribution < -0.4 is 14.8 Å². The van der Waals surface area contributed by atoms with Crippen molar-refractivity contribution in [3.8, 4) is 5.75 Å². The Morgan fingerprint density at radius 2 is 1.97 bits per heavy atom. The number of hydrogen-bond acceptors (Lipinski definition) is 4. The summed E-state index contributed by atoms with van der Waals surface area (Å²) >= 11 is 0. The number of hydrogen-bond donors (Lipinski definition) is 2. The molecule has 1 heterocycles. The quantitative estimate of drug-likeness (QED) is 0.662. The van der Waals surface area contributed by atoms with Crippen molar-refractivity contribution in [1.29, 1.82) is 0 Å². The lowest BCUT2D eigenvalue weighted by molar-refractivity contribution is -0.116. The summed E-state index contributed by atoms with van der Waals surface area (Å²) in [6.45, 7) is 7.16. The van der Waals surface area contributed by atoms with Crippen LogP contribution in [-0.2, 0) is 33.2 Å². The van der Waals surface area contributed by atoms with E-state index in [4.69, 9.17) is 4.74 Å². The number of amides is 1. The predicted octanol–water partition coefficient (Wildman–Crippen LogP) is 3.76. The Bertz CT molecular complexity index is 1130. The van der Waals surface area contributed by atoms with Gasteiger partial charge in [0.1, 0.15) is 11.6 Å². The van der Waals surface area contributed by atoms with Crippen LogP contribution in [0.3, 0.4) is 0 Å². The molecule has 0 fully saturated rings. The lowest BCUT2D eigenvalue weighted by Gasteiger charge is -2.21. The highest BCUT2D eigenvalue weighted by Gasteiger charge is 2.21. The largest absolute Gasteiger partial charge is 0.492 e. The zero-order valence-corrected chi connectivity index (χ0v) is 18.9. The number of carbonyl (C=O) groups excluding carboxylic acids is 1. The third-order valence-corrected chi connectivity index (χ3v) is 5.48. The molecule has 0 spiro atoms. The minimum atomic E-state index is -3.57. The summed E-state index contributed by atoms with van der Waals surface area (Å²) in [5.41, 5.74) is 3.53. The fourth-order valence-electron chi connectivity index (χ4n) is 3.26. The summed E-state index contributed by atoms with van der Waals surface area (Å²) in [6, 6.07) is 8.26. The summed E-state index contributed by atoms with van der Waals surface area (Å²) in [6.07, 6.45) is 4.96. The molecule has 2 N–H and O–H groups in total. The molecule has 0 saturated heterocycles. The number of fused-ring (bicyclic) bond motifs is 1. The Kier molecular flexibility index (Phi) is 6.40. The van der Waals surface area contributed by atoms with Crippen molar-refractivity contribution in [3.63, 3.8) is 0 Å². The van der Waals surface area contributed by atoms with Gasteiger partial charge in [0, 0.05) is 24.6 Å². The number of halogens is 1. The molecule has 0 bridgehead atoms. The Hall–Kier alpha value is -2.87. The molecule has 3 rings (SSSR count). The zero-order valence-electron chi connectivity index (χ0n) is 18.1. The molecule has 6 nitrogen and oxygen atoms in total. The Balaban J connectivity index is 1.68. The number of ether oxygens (including phenoxy) is 1. The number of benzene rings is 2. The summed E-state index contributed by atoms with van der Waals surface area (Å²) in [5.74, 6) is -0.223. The van der Waals surface area contributed by atoms with E-state index >= 15 is 0 Å². The summed E-state index contributed by atoms with van der Waals surface area (Å²) < 4.78 is 44.4. The second kappa shape index (κ2) is 8.70. The van der Waals surface area contributed by atoms with Crippen molar-refractivity contribution in [2.45, 2.75) is 39.2 Å². The lowest BCUT2D eigenvalue weighted by atomic mass is 9.84. The zero-order chi connectivity index (χ0) is 22.8. The number of sulfonamides is 1. The van der Waals surface area contributed by atoms with Crippen LogP contribution >= 0.6 is 0 Å². The fourth-order valence-corrected chi connectivity index (χ4v) is 3.82. The van der Waals surface area contributed by atoms with E-state index in [9.17, 15) is 17.6 Å². The van der Waals surface area contributed by atoms with Gasteiger partial charge in [0.25, 0.3) is 0 Å². The van der Waals surface area contributed by atoms with Crippen LogP contribution in [0.15, 0.2) is 36.4 Å². The van der Waals surface area contributed by atoms with Crippen molar-refractivity contribution < 1.29 is 22.3 Å². The molecular weight excluding hydrogens is 419 g/mol. The molecular formula is C23H27FN2O4S. The second-order valence-corrected chi connectivity index (χ2v) is 10.4. The van der Waals surface area contributed by atoms with E-state index in [-0.39, 0.29) is 23.6 Å². The van der Waals surface area contributed by atoms with Crippen LogP contribution in [0.5, 0.6) is 5.75 Å². The van der Waals surface area contributed by atoms with Gasteiger partial charge in [-0.3, -0.25) is 9.52 Å². The van der Waals surface area contributed by atoms with Gasteiger partial charge in [-0.15, -0.1) is 0 Å².